The van der Waals surface area contributed by atoms with Crippen molar-refractivity contribution in [2.75, 3.05) is 12.4 Å². The summed E-state index contributed by atoms with van der Waals surface area (Å²) in [5.41, 5.74) is 2.12. The molecule has 0 spiro atoms. The van der Waals surface area contributed by atoms with Crippen molar-refractivity contribution in [2.45, 2.75) is 19.8 Å². The van der Waals surface area contributed by atoms with Gasteiger partial charge in [-0.3, -0.25) is 0 Å². The molecule has 0 unspecified atom stereocenters. The van der Waals surface area contributed by atoms with Crippen molar-refractivity contribution in [3.05, 3.63) is 53.7 Å². The SMILES string of the molecule is COc1ccc2cnc(Nc3ccc(F)c(F)c3)nc2c1C(C)C. The Morgan fingerprint density at radius 3 is 2.54 bits per heavy atom. The van der Waals surface area contributed by atoms with E-state index in [1.54, 1.807) is 13.3 Å². The summed E-state index contributed by atoms with van der Waals surface area (Å²) in [6.45, 7) is 4.11. The van der Waals surface area contributed by atoms with E-state index >= 15 is 0 Å². The summed E-state index contributed by atoms with van der Waals surface area (Å²) in [6, 6.07) is 7.34. The fourth-order valence-electron chi connectivity index (χ4n) is 2.60. The summed E-state index contributed by atoms with van der Waals surface area (Å²) in [7, 11) is 1.62. The second kappa shape index (κ2) is 6.39. The molecule has 0 radical (unpaired) electrons. The first-order valence-electron chi connectivity index (χ1n) is 7.55. The van der Waals surface area contributed by atoms with Crippen LogP contribution in [0.4, 0.5) is 20.4 Å². The predicted molar refractivity (Wildman–Crippen MR) is 89.8 cm³/mol. The zero-order valence-corrected chi connectivity index (χ0v) is 13.6. The van der Waals surface area contributed by atoms with Gasteiger partial charge in [-0.1, -0.05) is 13.8 Å². The summed E-state index contributed by atoms with van der Waals surface area (Å²) in [6.07, 6.45) is 1.69. The molecule has 1 heterocycles. The molecule has 0 saturated carbocycles. The number of nitrogens with zero attached hydrogens (tertiary/aromatic N) is 2. The Bertz CT molecular complexity index is 897. The van der Waals surface area contributed by atoms with Crippen LogP contribution in [-0.4, -0.2) is 17.1 Å². The largest absolute Gasteiger partial charge is 0.496 e. The minimum atomic E-state index is -0.926. The molecule has 3 rings (SSSR count). The molecule has 0 aliphatic heterocycles. The third-order valence-electron chi connectivity index (χ3n) is 3.72. The number of hydrogen-bond acceptors (Lipinski definition) is 4. The van der Waals surface area contributed by atoms with Crippen LogP contribution in [0.1, 0.15) is 25.3 Å². The van der Waals surface area contributed by atoms with Crippen LogP contribution in [0, 0.1) is 11.6 Å². The highest BCUT2D eigenvalue weighted by molar-refractivity contribution is 5.85. The topological polar surface area (TPSA) is 47.0 Å². The average Bonchev–Trinajstić information content (AvgIpc) is 2.56. The van der Waals surface area contributed by atoms with Crippen LogP contribution in [0.3, 0.4) is 0 Å². The van der Waals surface area contributed by atoms with Crippen LogP contribution in [0.5, 0.6) is 5.75 Å². The van der Waals surface area contributed by atoms with E-state index in [2.05, 4.69) is 29.1 Å². The molecule has 24 heavy (non-hydrogen) atoms. The van der Waals surface area contributed by atoms with E-state index in [1.807, 2.05) is 12.1 Å². The number of halogens is 2. The Morgan fingerprint density at radius 2 is 1.88 bits per heavy atom. The smallest absolute Gasteiger partial charge is 0.227 e. The van der Waals surface area contributed by atoms with Gasteiger partial charge < -0.3 is 10.1 Å². The first kappa shape index (κ1) is 16.1. The van der Waals surface area contributed by atoms with Gasteiger partial charge in [0.15, 0.2) is 11.6 Å². The van der Waals surface area contributed by atoms with Crippen molar-refractivity contribution in [3.63, 3.8) is 0 Å². The molecule has 1 aromatic heterocycles. The molecule has 0 fully saturated rings. The Morgan fingerprint density at radius 1 is 1.08 bits per heavy atom. The number of nitrogens with one attached hydrogen (secondary N) is 1. The maximum Gasteiger partial charge on any atom is 0.227 e. The standard InChI is InChI=1S/C18H17F2N3O/c1-10(2)16-15(24-3)7-4-11-9-21-18(23-17(11)16)22-12-5-6-13(19)14(20)8-12/h4-10H,1-3H3,(H,21,22,23). The van der Waals surface area contributed by atoms with E-state index in [1.165, 1.54) is 6.07 Å². The molecule has 0 amide bonds. The lowest BCUT2D eigenvalue weighted by Crippen LogP contribution is -2.02. The van der Waals surface area contributed by atoms with Gasteiger partial charge in [0.2, 0.25) is 5.95 Å². The summed E-state index contributed by atoms with van der Waals surface area (Å²) in [4.78, 5) is 8.76. The molecular weight excluding hydrogens is 312 g/mol. The molecular formula is C18H17F2N3O. The lowest BCUT2D eigenvalue weighted by Gasteiger charge is -2.15. The molecule has 6 heteroatoms. The molecule has 0 aliphatic carbocycles. The van der Waals surface area contributed by atoms with Crippen LogP contribution < -0.4 is 10.1 Å². The Kier molecular flexibility index (Phi) is 4.29. The highest BCUT2D eigenvalue weighted by Gasteiger charge is 2.14. The molecule has 3 aromatic rings. The number of methoxy groups -OCH3 is 1. The highest BCUT2D eigenvalue weighted by atomic mass is 19.2. The second-order valence-corrected chi connectivity index (χ2v) is 5.72. The molecule has 2 aromatic carbocycles. The second-order valence-electron chi connectivity index (χ2n) is 5.72. The molecule has 1 N–H and O–H groups in total. The van der Waals surface area contributed by atoms with Gasteiger partial charge in [-0.15, -0.1) is 0 Å². The number of fused-ring (bicyclic) bond motifs is 1. The summed E-state index contributed by atoms with van der Waals surface area (Å²) in [5, 5.41) is 3.78. The number of hydrogen-bond donors (Lipinski definition) is 1. The van der Waals surface area contributed by atoms with Gasteiger partial charge in [0.05, 0.1) is 12.6 Å². The first-order chi connectivity index (χ1) is 11.5. The maximum absolute atomic E-state index is 13.3. The zero-order chi connectivity index (χ0) is 17.3. The van der Waals surface area contributed by atoms with E-state index in [9.17, 15) is 8.78 Å². The van der Waals surface area contributed by atoms with E-state index in [4.69, 9.17) is 4.74 Å². The number of benzene rings is 2. The van der Waals surface area contributed by atoms with Crippen LogP contribution in [0.25, 0.3) is 10.9 Å². The summed E-state index contributed by atoms with van der Waals surface area (Å²) >= 11 is 0. The fraction of sp³-hybridized carbons (Fsp3) is 0.222. The average molecular weight is 329 g/mol. The minimum absolute atomic E-state index is 0.203. The first-order valence-corrected chi connectivity index (χ1v) is 7.55. The van der Waals surface area contributed by atoms with Crippen LogP contribution in [-0.2, 0) is 0 Å². The van der Waals surface area contributed by atoms with E-state index in [0.717, 1.165) is 34.3 Å². The molecule has 0 bridgehead atoms. The summed E-state index contributed by atoms with van der Waals surface area (Å²) in [5.74, 6) is -0.551. The predicted octanol–water partition coefficient (Wildman–Crippen LogP) is 4.78. The molecule has 0 aliphatic rings. The lowest BCUT2D eigenvalue weighted by atomic mass is 9.99. The normalized spacial score (nSPS) is 11.1. The maximum atomic E-state index is 13.3. The van der Waals surface area contributed by atoms with E-state index < -0.39 is 11.6 Å². The van der Waals surface area contributed by atoms with Gasteiger partial charge in [-0.25, -0.2) is 18.7 Å². The van der Waals surface area contributed by atoms with Crippen LogP contribution in [0.15, 0.2) is 36.5 Å². The van der Waals surface area contributed by atoms with Gasteiger partial charge in [0, 0.05) is 28.9 Å². The quantitative estimate of drug-likeness (QED) is 0.748. The Labute approximate surface area is 138 Å². The molecule has 4 nitrogen and oxygen atoms in total. The Balaban J connectivity index is 2.06. The minimum Gasteiger partial charge on any atom is -0.496 e. The summed E-state index contributed by atoms with van der Waals surface area (Å²) < 4.78 is 31.8. The van der Waals surface area contributed by atoms with Crippen molar-refractivity contribution in [2.24, 2.45) is 0 Å². The van der Waals surface area contributed by atoms with E-state index in [-0.39, 0.29) is 5.92 Å². The van der Waals surface area contributed by atoms with Crippen LogP contribution >= 0.6 is 0 Å². The number of rotatable bonds is 4. The Hall–Kier alpha value is -2.76. The van der Waals surface area contributed by atoms with Gasteiger partial charge in [-0.05, 0) is 30.2 Å². The van der Waals surface area contributed by atoms with Crippen molar-refractivity contribution in [1.29, 1.82) is 0 Å². The third kappa shape index (κ3) is 2.99. The fourth-order valence-corrected chi connectivity index (χ4v) is 2.60. The van der Waals surface area contributed by atoms with Crippen LogP contribution in [0.2, 0.25) is 0 Å². The van der Waals surface area contributed by atoms with Crippen molar-refractivity contribution >= 4 is 22.5 Å². The highest BCUT2D eigenvalue weighted by Crippen LogP contribution is 2.33. The van der Waals surface area contributed by atoms with Crippen molar-refractivity contribution in [3.8, 4) is 5.75 Å². The third-order valence-corrected chi connectivity index (χ3v) is 3.72. The molecule has 124 valence electrons. The number of ether oxygens (including phenoxy) is 1. The molecule has 0 atom stereocenters. The van der Waals surface area contributed by atoms with Crippen molar-refractivity contribution in [1.82, 2.24) is 9.97 Å². The molecule has 0 saturated heterocycles. The van der Waals surface area contributed by atoms with Gasteiger partial charge in [-0.2, -0.15) is 0 Å². The van der Waals surface area contributed by atoms with E-state index in [0.29, 0.717) is 11.6 Å². The lowest BCUT2D eigenvalue weighted by molar-refractivity contribution is 0.408. The van der Waals surface area contributed by atoms with Gasteiger partial charge in [0.1, 0.15) is 5.75 Å². The van der Waals surface area contributed by atoms with Gasteiger partial charge in [0.25, 0.3) is 0 Å². The monoisotopic (exact) mass is 329 g/mol. The van der Waals surface area contributed by atoms with Gasteiger partial charge >= 0.3 is 0 Å². The number of aromatic nitrogens is 2. The zero-order valence-electron chi connectivity index (χ0n) is 13.6. The van der Waals surface area contributed by atoms with Crippen molar-refractivity contribution < 1.29 is 13.5 Å². The number of anilines is 2.